The van der Waals surface area contributed by atoms with E-state index < -0.39 is 23.2 Å². The number of carbonyl (C=O) groups is 1. The first-order chi connectivity index (χ1) is 8.82. The Hall–Kier alpha value is -1.65. The summed E-state index contributed by atoms with van der Waals surface area (Å²) in [5.41, 5.74) is -0.431. The van der Waals surface area contributed by atoms with Gasteiger partial charge in [0.1, 0.15) is 0 Å². The maximum Gasteiger partial charge on any atom is 0.338 e. The standard InChI is InChI=1S/C14H17F2NO2/c1-14(2)6-3-7-17(8-14)10-5-4-9(13(18)19)11(15)12(10)16/h4-5H,3,6-8H2,1-2H3,(H,18,19). The molecule has 1 aromatic rings. The molecule has 0 bridgehead atoms. The molecule has 1 aliphatic rings. The molecule has 0 radical (unpaired) electrons. The lowest BCUT2D eigenvalue weighted by Gasteiger charge is -2.39. The van der Waals surface area contributed by atoms with Crippen molar-refractivity contribution in [2.75, 3.05) is 18.0 Å². The quantitative estimate of drug-likeness (QED) is 0.895. The SMILES string of the molecule is CC1(C)CCCN(c2ccc(C(=O)O)c(F)c2F)C1. The van der Waals surface area contributed by atoms with Crippen molar-refractivity contribution in [3.63, 3.8) is 0 Å². The number of hydrogen-bond donors (Lipinski definition) is 1. The zero-order valence-corrected chi connectivity index (χ0v) is 11.0. The Morgan fingerprint density at radius 2 is 2.00 bits per heavy atom. The van der Waals surface area contributed by atoms with Crippen molar-refractivity contribution >= 4 is 11.7 Å². The number of anilines is 1. The summed E-state index contributed by atoms with van der Waals surface area (Å²) in [6.45, 7) is 5.46. The van der Waals surface area contributed by atoms with Gasteiger partial charge in [0, 0.05) is 13.1 Å². The maximum atomic E-state index is 14.0. The van der Waals surface area contributed by atoms with Crippen LogP contribution in [0.25, 0.3) is 0 Å². The van der Waals surface area contributed by atoms with Crippen molar-refractivity contribution < 1.29 is 18.7 Å². The van der Waals surface area contributed by atoms with E-state index in [0.29, 0.717) is 13.1 Å². The van der Waals surface area contributed by atoms with Crippen molar-refractivity contribution in [3.8, 4) is 0 Å². The van der Waals surface area contributed by atoms with Gasteiger partial charge >= 0.3 is 5.97 Å². The van der Waals surface area contributed by atoms with Gasteiger partial charge in [0.15, 0.2) is 11.6 Å². The number of hydrogen-bond acceptors (Lipinski definition) is 2. The van der Waals surface area contributed by atoms with Gasteiger partial charge in [-0.05, 0) is 30.4 Å². The fourth-order valence-corrected chi connectivity index (χ4v) is 2.58. The van der Waals surface area contributed by atoms with Crippen LogP contribution in [-0.4, -0.2) is 24.2 Å². The van der Waals surface area contributed by atoms with Crippen LogP contribution in [0.1, 0.15) is 37.0 Å². The summed E-state index contributed by atoms with van der Waals surface area (Å²) in [5.74, 6) is -3.81. The molecule has 1 fully saturated rings. The lowest BCUT2D eigenvalue weighted by Crippen LogP contribution is -2.40. The van der Waals surface area contributed by atoms with E-state index in [2.05, 4.69) is 13.8 Å². The van der Waals surface area contributed by atoms with Crippen LogP contribution in [0.5, 0.6) is 0 Å². The van der Waals surface area contributed by atoms with E-state index in [4.69, 9.17) is 5.11 Å². The minimum absolute atomic E-state index is 0.0482. The Labute approximate surface area is 110 Å². The van der Waals surface area contributed by atoms with Gasteiger partial charge in [-0.1, -0.05) is 13.8 Å². The molecule has 0 saturated carbocycles. The monoisotopic (exact) mass is 269 g/mol. The topological polar surface area (TPSA) is 40.5 Å². The molecule has 0 atom stereocenters. The molecule has 0 unspecified atom stereocenters. The maximum absolute atomic E-state index is 14.0. The normalized spacial score (nSPS) is 18.4. The minimum atomic E-state index is -1.46. The molecule has 1 aliphatic heterocycles. The molecular weight excluding hydrogens is 252 g/mol. The van der Waals surface area contributed by atoms with Gasteiger partial charge in [-0.25, -0.2) is 13.6 Å². The number of piperidine rings is 1. The Bertz CT molecular complexity index is 514. The fourth-order valence-electron chi connectivity index (χ4n) is 2.58. The van der Waals surface area contributed by atoms with Crippen LogP contribution >= 0.6 is 0 Å². The van der Waals surface area contributed by atoms with Crippen molar-refractivity contribution in [3.05, 3.63) is 29.3 Å². The fraction of sp³-hybridized carbons (Fsp3) is 0.500. The summed E-state index contributed by atoms with van der Waals surface area (Å²) in [6.07, 6.45) is 1.95. The number of nitrogens with zero attached hydrogens (tertiary/aromatic N) is 1. The number of carboxylic acids is 1. The van der Waals surface area contributed by atoms with Crippen molar-refractivity contribution in [1.82, 2.24) is 0 Å². The Kier molecular flexibility index (Phi) is 3.47. The Morgan fingerprint density at radius 1 is 1.32 bits per heavy atom. The highest BCUT2D eigenvalue weighted by atomic mass is 19.2. The molecule has 104 valence electrons. The molecule has 1 aromatic carbocycles. The van der Waals surface area contributed by atoms with Crippen molar-refractivity contribution in [1.29, 1.82) is 0 Å². The van der Waals surface area contributed by atoms with E-state index in [9.17, 15) is 13.6 Å². The zero-order chi connectivity index (χ0) is 14.2. The molecule has 2 rings (SSSR count). The second-order valence-corrected chi connectivity index (χ2v) is 5.75. The number of aromatic carboxylic acids is 1. The average Bonchev–Trinajstić information content (AvgIpc) is 2.30. The third-order valence-corrected chi connectivity index (χ3v) is 3.53. The number of halogens is 2. The van der Waals surface area contributed by atoms with Crippen LogP contribution in [0.3, 0.4) is 0 Å². The van der Waals surface area contributed by atoms with Gasteiger partial charge in [0.2, 0.25) is 0 Å². The van der Waals surface area contributed by atoms with Gasteiger partial charge in [-0.3, -0.25) is 0 Å². The lowest BCUT2D eigenvalue weighted by molar-refractivity contribution is 0.0690. The van der Waals surface area contributed by atoms with E-state index in [0.717, 1.165) is 18.9 Å². The minimum Gasteiger partial charge on any atom is -0.478 e. The van der Waals surface area contributed by atoms with Gasteiger partial charge < -0.3 is 10.0 Å². The first kappa shape index (κ1) is 13.8. The second kappa shape index (κ2) is 4.79. The van der Waals surface area contributed by atoms with Crippen LogP contribution in [-0.2, 0) is 0 Å². The highest BCUT2D eigenvalue weighted by Crippen LogP contribution is 2.33. The summed E-state index contributed by atoms with van der Waals surface area (Å²) in [6, 6.07) is 2.47. The smallest absolute Gasteiger partial charge is 0.338 e. The molecule has 0 spiro atoms. The third kappa shape index (κ3) is 2.69. The molecule has 0 amide bonds. The van der Waals surface area contributed by atoms with Crippen LogP contribution < -0.4 is 4.90 Å². The van der Waals surface area contributed by atoms with Gasteiger partial charge in [0.25, 0.3) is 0 Å². The average molecular weight is 269 g/mol. The summed E-state index contributed by atoms with van der Waals surface area (Å²) in [7, 11) is 0. The number of benzene rings is 1. The number of rotatable bonds is 2. The third-order valence-electron chi connectivity index (χ3n) is 3.53. The highest BCUT2D eigenvalue weighted by molar-refractivity contribution is 5.88. The Balaban J connectivity index is 2.36. The predicted octanol–water partition coefficient (Wildman–Crippen LogP) is 3.29. The lowest BCUT2D eigenvalue weighted by atomic mass is 9.84. The first-order valence-electron chi connectivity index (χ1n) is 6.28. The van der Waals surface area contributed by atoms with E-state index in [1.165, 1.54) is 6.07 Å². The molecule has 1 saturated heterocycles. The largest absolute Gasteiger partial charge is 0.478 e. The van der Waals surface area contributed by atoms with Crippen molar-refractivity contribution in [2.24, 2.45) is 5.41 Å². The molecule has 0 aromatic heterocycles. The van der Waals surface area contributed by atoms with E-state index >= 15 is 0 Å². The van der Waals surface area contributed by atoms with Gasteiger partial charge in [0.05, 0.1) is 11.3 Å². The first-order valence-corrected chi connectivity index (χ1v) is 6.28. The van der Waals surface area contributed by atoms with Crippen LogP contribution in [0.2, 0.25) is 0 Å². The predicted molar refractivity (Wildman–Crippen MR) is 68.5 cm³/mol. The van der Waals surface area contributed by atoms with Crippen LogP contribution in [0.15, 0.2) is 12.1 Å². The van der Waals surface area contributed by atoms with E-state index in [-0.39, 0.29) is 11.1 Å². The summed E-state index contributed by atoms with van der Waals surface area (Å²) >= 11 is 0. The van der Waals surface area contributed by atoms with Gasteiger partial charge in [-0.2, -0.15) is 0 Å². The van der Waals surface area contributed by atoms with Crippen molar-refractivity contribution in [2.45, 2.75) is 26.7 Å². The Morgan fingerprint density at radius 3 is 2.58 bits per heavy atom. The number of carboxylic acid groups (broad SMARTS) is 1. The molecule has 1 heterocycles. The van der Waals surface area contributed by atoms with Crippen LogP contribution in [0.4, 0.5) is 14.5 Å². The molecule has 0 aliphatic carbocycles. The second-order valence-electron chi connectivity index (χ2n) is 5.75. The molecule has 19 heavy (non-hydrogen) atoms. The summed E-state index contributed by atoms with van der Waals surface area (Å²) in [4.78, 5) is 12.5. The zero-order valence-electron chi connectivity index (χ0n) is 11.0. The van der Waals surface area contributed by atoms with Gasteiger partial charge in [-0.15, -0.1) is 0 Å². The molecule has 5 heteroatoms. The summed E-state index contributed by atoms with van der Waals surface area (Å²) < 4.78 is 27.7. The molecule has 1 N–H and O–H groups in total. The highest BCUT2D eigenvalue weighted by Gasteiger charge is 2.29. The van der Waals surface area contributed by atoms with E-state index in [1.807, 2.05) is 0 Å². The molecule has 3 nitrogen and oxygen atoms in total. The molecular formula is C14H17F2NO2. The van der Waals surface area contributed by atoms with E-state index in [1.54, 1.807) is 4.90 Å². The summed E-state index contributed by atoms with van der Waals surface area (Å²) in [5, 5.41) is 8.75. The van der Waals surface area contributed by atoms with Crippen LogP contribution in [0, 0.1) is 17.0 Å².